The number of piperazine rings is 1. The second kappa shape index (κ2) is 6.76. The van der Waals surface area contributed by atoms with Gasteiger partial charge in [0.15, 0.2) is 5.82 Å². The smallest absolute Gasteiger partial charge is 0.242 e. The van der Waals surface area contributed by atoms with Gasteiger partial charge in [0.2, 0.25) is 5.91 Å². The molecule has 4 rings (SSSR count). The van der Waals surface area contributed by atoms with Crippen LogP contribution in [0.15, 0.2) is 55.4 Å². The van der Waals surface area contributed by atoms with Gasteiger partial charge in [-0.3, -0.25) is 4.79 Å². The van der Waals surface area contributed by atoms with Gasteiger partial charge in [-0.25, -0.2) is 14.6 Å². The minimum Gasteiger partial charge on any atom is -0.353 e. The molecule has 1 aliphatic rings. The van der Waals surface area contributed by atoms with Gasteiger partial charge in [0.05, 0.1) is 0 Å². The van der Waals surface area contributed by atoms with Crippen LogP contribution in [0.2, 0.25) is 0 Å². The first-order valence-corrected chi connectivity index (χ1v) is 8.25. The van der Waals surface area contributed by atoms with Crippen LogP contribution in [0, 0.1) is 0 Å². The molecule has 3 aromatic rings. The first kappa shape index (κ1) is 15.4. The SMILES string of the molecule is O=C(Cn1cccc1)N1CCN(c2cc(-n3cccn3)ncn2)CC1. The molecule has 4 heterocycles. The van der Waals surface area contributed by atoms with Crippen molar-refractivity contribution >= 4 is 11.7 Å². The summed E-state index contributed by atoms with van der Waals surface area (Å²) in [5.74, 6) is 1.75. The van der Waals surface area contributed by atoms with E-state index in [1.807, 2.05) is 52.3 Å². The van der Waals surface area contributed by atoms with Gasteiger partial charge >= 0.3 is 0 Å². The first-order valence-electron chi connectivity index (χ1n) is 8.25. The number of aromatic nitrogens is 5. The normalized spacial score (nSPS) is 14.7. The standard InChI is InChI=1S/C17H19N7O/c25-17(13-21-5-1-2-6-21)23-10-8-22(9-11-23)15-12-16(19-14-18-15)24-7-3-4-20-24/h1-7,12,14H,8-11,13H2. The number of anilines is 1. The van der Waals surface area contributed by atoms with Crippen LogP contribution in [0.3, 0.4) is 0 Å². The Balaban J connectivity index is 1.39. The number of carbonyl (C=O) groups is 1. The lowest BCUT2D eigenvalue weighted by Crippen LogP contribution is -2.49. The molecule has 0 aromatic carbocycles. The van der Waals surface area contributed by atoms with Gasteiger partial charge in [-0.15, -0.1) is 0 Å². The van der Waals surface area contributed by atoms with E-state index >= 15 is 0 Å². The number of hydrogen-bond acceptors (Lipinski definition) is 5. The van der Waals surface area contributed by atoms with E-state index in [-0.39, 0.29) is 5.91 Å². The molecule has 25 heavy (non-hydrogen) atoms. The average Bonchev–Trinajstić information content (AvgIpc) is 3.36. The quantitative estimate of drug-likeness (QED) is 0.705. The van der Waals surface area contributed by atoms with E-state index in [0.29, 0.717) is 19.6 Å². The molecule has 128 valence electrons. The maximum atomic E-state index is 12.4. The molecule has 0 unspecified atom stereocenters. The van der Waals surface area contributed by atoms with E-state index in [1.54, 1.807) is 17.2 Å². The van der Waals surface area contributed by atoms with Gasteiger partial charge in [-0.1, -0.05) is 0 Å². The molecule has 0 atom stereocenters. The highest BCUT2D eigenvalue weighted by atomic mass is 16.2. The summed E-state index contributed by atoms with van der Waals surface area (Å²) in [6.45, 7) is 3.30. The van der Waals surface area contributed by atoms with Crippen molar-refractivity contribution in [1.29, 1.82) is 0 Å². The van der Waals surface area contributed by atoms with Crippen LogP contribution in [0.25, 0.3) is 5.82 Å². The fraction of sp³-hybridized carbons (Fsp3) is 0.294. The van der Waals surface area contributed by atoms with E-state index in [9.17, 15) is 4.79 Å². The lowest BCUT2D eigenvalue weighted by molar-refractivity contribution is -0.132. The van der Waals surface area contributed by atoms with Crippen LogP contribution in [0.1, 0.15) is 0 Å². The zero-order chi connectivity index (χ0) is 17.1. The van der Waals surface area contributed by atoms with Crippen molar-refractivity contribution in [2.24, 2.45) is 0 Å². The second-order valence-corrected chi connectivity index (χ2v) is 5.91. The van der Waals surface area contributed by atoms with E-state index in [4.69, 9.17) is 0 Å². The minimum absolute atomic E-state index is 0.149. The van der Waals surface area contributed by atoms with E-state index in [2.05, 4.69) is 20.0 Å². The summed E-state index contributed by atoms with van der Waals surface area (Å²) in [7, 11) is 0. The number of amides is 1. The maximum Gasteiger partial charge on any atom is 0.242 e. The van der Waals surface area contributed by atoms with Crippen LogP contribution in [-0.4, -0.2) is 61.3 Å². The zero-order valence-corrected chi connectivity index (χ0v) is 13.8. The Morgan fingerprint density at radius 3 is 2.44 bits per heavy atom. The van der Waals surface area contributed by atoms with Gasteiger partial charge in [-0.2, -0.15) is 5.10 Å². The van der Waals surface area contributed by atoms with Crippen molar-refractivity contribution in [1.82, 2.24) is 29.2 Å². The molecule has 1 saturated heterocycles. The van der Waals surface area contributed by atoms with Crippen LogP contribution in [0.4, 0.5) is 5.82 Å². The van der Waals surface area contributed by atoms with Crippen molar-refractivity contribution in [3.8, 4) is 5.82 Å². The summed E-state index contributed by atoms with van der Waals surface area (Å²) in [5, 5.41) is 4.20. The highest BCUT2D eigenvalue weighted by Gasteiger charge is 2.22. The summed E-state index contributed by atoms with van der Waals surface area (Å²) in [6.07, 6.45) is 8.94. The Morgan fingerprint density at radius 2 is 1.72 bits per heavy atom. The van der Waals surface area contributed by atoms with Crippen molar-refractivity contribution in [2.45, 2.75) is 6.54 Å². The van der Waals surface area contributed by atoms with E-state index < -0.39 is 0 Å². The number of rotatable bonds is 4. The third kappa shape index (κ3) is 3.37. The highest BCUT2D eigenvalue weighted by molar-refractivity contribution is 5.76. The van der Waals surface area contributed by atoms with Crippen LogP contribution in [-0.2, 0) is 11.3 Å². The summed E-state index contributed by atoms with van der Waals surface area (Å²) < 4.78 is 3.61. The monoisotopic (exact) mass is 337 g/mol. The van der Waals surface area contributed by atoms with E-state index in [0.717, 1.165) is 24.7 Å². The first-order chi connectivity index (χ1) is 12.3. The fourth-order valence-electron chi connectivity index (χ4n) is 2.96. The molecule has 0 N–H and O–H groups in total. The van der Waals surface area contributed by atoms with Crippen LogP contribution in [0.5, 0.6) is 0 Å². The Kier molecular flexibility index (Phi) is 4.16. The molecular weight excluding hydrogens is 318 g/mol. The lowest BCUT2D eigenvalue weighted by Gasteiger charge is -2.35. The molecule has 0 saturated carbocycles. The van der Waals surface area contributed by atoms with Crippen LogP contribution < -0.4 is 4.90 Å². The van der Waals surface area contributed by atoms with Gasteiger partial charge in [0.25, 0.3) is 0 Å². The Hall–Kier alpha value is -3.16. The molecule has 3 aromatic heterocycles. The molecule has 0 bridgehead atoms. The lowest BCUT2D eigenvalue weighted by atomic mass is 10.3. The zero-order valence-electron chi connectivity index (χ0n) is 13.8. The van der Waals surface area contributed by atoms with Crippen molar-refractivity contribution < 1.29 is 4.79 Å². The molecule has 1 fully saturated rings. The summed E-state index contributed by atoms with van der Waals surface area (Å²) >= 11 is 0. The number of hydrogen-bond donors (Lipinski definition) is 0. The highest BCUT2D eigenvalue weighted by Crippen LogP contribution is 2.16. The summed E-state index contributed by atoms with van der Waals surface area (Å²) in [6, 6.07) is 7.64. The van der Waals surface area contributed by atoms with Crippen LogP contribution >= 0.6 is 0 Å². The number of carbonyl (C=O) groups excluding carboxylic acids is 1. The van der Waals surface area contributed by atoms with Gasteiger partial charge in [0, 0.05) is 57.0 Å². The Morgan fingerprint density at radius 1 is 0.960 bits per heavy atom. The van der Waals surface area contributed by atoms with Gasteiger partial charge in [-0.05, 0) is 18.2 Å². The third-order valence-corrected chi connectivity index (χ3v) is 4.32. The molecule has 0 aliphatic carbocycles. The fourth-order valence-corrected chi connectivity index (χ4v) is 2.96. The largest absolute Gasteiger partial charge is 0.353 e. The number of nitrogens with zero attached hydrogens (tertiary/aromatic N) is 7. The topological polar surface area (TPSA) is 72.1 Å². The van der Waals surface area contributed by atoms with Crippen molar-refractivity contribution in [3.63, 3.8) is 0 Å². The predicted octanol–water partition coefficient (Wildman–Crippen LogP) is 0.813. The second-order valence-electron chi connectivity index (χ2n) is 5.91. The molecule has 1 aliphatic heterocycles. The minimum atomic E-state index is 0.149. The summed E-state index contributed by atoms with van der Waals surface area (Å²) in [4.78, 5) is 25.1. The molecule has 1 amide bonds. The Labute approximate surface area is 145 Å². The molecular formula is C17H19N7O. The van der Waals surface area contributed by atoms with Gasteiger partial charge in [0.1, 0.15) is 18.7 Å². The third-order valence-electron chi connectivity index (χ3n) is 4.32. The summed E-state index contributed by atoms with van der Waals surface area (Å²) in [5.41, 5.74) is 0. The van der Waals surface area contributed by atoms with Crippen molar-refractivity contribution in [2.75, 3.05) is 31.1 Å². The van der Waals surface area contributed by atoms with Crippen molar-refractivity contribution in [3.05, 3.63) is 55.4 Å². The van der Waals surface area contributed by atoms with E-state index in [1.165, 1.54) is 0 Å². The average molecular weight is 337 g/mol. The Bertz CT molecular complexity index is 821. The predicted molar refractivity (Wildman–Crippen MR) is 92.4 cm³/mol. The molecule has 8 nitrogen and oxygen atoms in total. The van der Waals surface area contributed by atoms with Gasteiger partial charge < -0.3 is 14.4 Å². The molecule has 0 radical (unpaired) electrons. The maximum absolute atomic E-state index is 12.4. The molecule has 0 spiro atoms. The molecule has 8 heteroatoms.